The van der Waals surface area contributed by atoms with Crippen LogP contribution >= 0.6 is 0 Å². The molecule has 4 rings (SSSR count). The lowest BCUT2D eigenvalue weighted by Gasteiger charge is -2.29. The van der Waals surface area contributed by atoms with Crippen LogP contribution in [-0.4, -0.2) is 34.9 Å². The molecule has 2 N–H and O–H groups in total. The number of aromatic amines is 1. The van der Waals surface area contributed by atoms with Crippen LogP contribution in [0.25, 0.3) is 16.5 Å². The summed E-state index contributed by atoms with van der Waals surface area (Å²) < 4.78 is 0. The molecule has 0 spiro atoms. The van der Waals surface area contributed by atoms with Crippen molar-refractivity contribution >= 4 is 28.1 Å². The molecule has 1 aliphatic heterocycles. The number of nitrogens with zero attached hydrogens (tertiary/aromatic N) is 2. The van der Waals surface area contributed by atoms with E-state index in [1.54, 1.807) is 24.3 Å². The number of amides is 1. The fourth-order valence-corrected chi connectivity index (χ4v) is 3.84. The molecule has 1 aliphatic rings. The van der Waals surface area contributed by atoms with Crippen molar-refractivity contribution in [1.82, 2.24) is 9.88 Å². The maximum absolute atomic E-state index is 12.7. The van der Waals surface area contributed by atoms with Crippen molar-refractivity contribution < 1.29 is 4.79 Å². The van der Waals surface area contributed by atoms with Crippen molar-refractivity contribution in [3.63, 3.8) is 0 Å². The zero-order valence-electron chi connectivity index (χ0n) is 16.7. The minimum absolute atomic E-state index is 0.275. The number of benzene rings is 2. The number of carbonyl (C=O) groups is 1. The Hall–Kier alpha value is -3.36. The van der Waals surface area contributed by atoms with Crippen molar-refractivity contribution in [3.8, 4) is 6.07 Å². The van der Waals surface area contributed by atoms with Crippen LogP contribution in [0.15, 0.2) is 54.7 Å². The van der Waals surface area contributed by atoms with E-state index in [0.29, 0.717) is 17.2 Å². The quantitative estimate of drug-likeness (QED) is 0.679. The number of nitrogens with one attached hydrogen (secondary N) is 2. The molecule has 0 bridgehead atoms. The third kappa shape index (κ3) is 3.80. The molecule has 0 radical (unpaired) electrons. The molecule has 0 saturated carbocycles. The summed E-state index contributed by atoms with van der Waals surface area (Å²) in [4.78, 5) is 18.5. The second-order valence-corrected chi connectivity index (χ2v) is 7.64. The van der Waals surface area contributed by atoms with Gasteiger partial charge in [-0.3, -0.25) is 9.69 Å². The lowest BCUT2D eigenvalue weighted by atomic mass is 9.98. The number of aromatic nitrogens is 1. The standard InChI is InChI=1S/C24H24N4O/c1-16(2)28-11-9-17(10-12-28)22-15-26-23-8-7-19(13-21(22)23)27-24(29)20-6-4-3-5-18(20)14-25/h3-9,13,15-16,26H,10-12H2,1-2H3,(H,27,29). The maximum Gasteiger partial charge on any atom is 0.257 e. The van der Waals surface area contributed by atoms with Gasteiger partial charge in [0, 0.05) is 47.5 Å². The zero-order valence-corrected chi connectivity index (χ0v) is 16.7. The Morgan fingerprint density at radius 1 is 1.24 bits per heavy atom. The summed E-state index contributed by atoms with van der Waals surface area (Å²) in [6.07, 6.45) is 5.37. The average molecular weight is 384 g/mol. The number of rotatable bonds is 4. The van der Waals surface area contributed by atoms with E-state index >= 15 is 0 Å². The molecule has 0 unspecified atom stereocenters. The number of fused-ring (bicyclic) bond motifs is 1. The number of hydrogen-bond donors (Lipinski definition) is 2. The molecule has 0 aliphatic carbocycles. The summed E-state index contributed by atoms with van der Waals surface area (Å²) >= 11 is 0. The SMILES string of the molecule is CC(C)N1CC=C(c2c[nH]c3ccc(NC(=O)c4ccccc4C#N)cc23)CC1. The van der Waals surface area contributed by atoms with E-state index in [2.05, 4.69) is 47.4 Å². The highest BCUT2D eigenvalue weighted by Crippen LogP contribution is 2.31. The van der Waals surface area contributed by atoms with Crippen molar-refractivity contribution in [3.05, 3.63) is 71.4 Å². The normalized spacial score (nSPS) is 14.6. The Morgan fingerprint density at radius 3 is 2.79 bits per heavy atom. The van der Waals surface area contributed by atoms with Gasteiger partial charge in [-0.25, -0.2) is 0 Å². The van der Waals surface area contributed by atoms with Crippen molar-refractivity contribution in [2.45, 2.75) is 26.3 Å². The number of carbonyl (C=O) groups excluding carboxylic acids is 1. The highest BCUT2D eigenvalue weighted by atomic mass is 16.1. The van der Waals surface area contributed by atoms with Crippen LogP contribution in [0.5, 0.6) is 0 Å². The Bertz CT molecular complexity index is 1130. The molecule has 3 aromatic rings. The number of anilines is 1. The summed E-state index contributed by atoms with van der Waals surface area (Å²) in [7, 11) is 0. The van der Waals surface area contributed by atoms with Crippen LogP contribution in [0, 0.1) is 11.3 Å². The van der Waals surface area contributed by atoms with Gasteiger partial charge < -0.3 is 10.3 Å². The van der Waals surface area contributed by atoms with Gasteiger partial charge in [-0.05, 0) is 56.2 Å². The van der Waals surface area contributed by atoms with Crippen molar-refractivity contribution in [2.75, 3.05) is 18.4 Å². The van der Waals surface area contributed by atoms with E-state index < -0.39 is 0 Å². The summed E-state index contributed by atoms with van der Waals surface area (Å²) in [6, 6.07) is 15.3. The molecule has 0 atom stereocenters. The van der Waals surface area contributed by atoms with Crippen molar-refractivity contribution in [1.29, 1.82) is 5.26 Å². The summed E-state index contributed by atoms with van der Waals surface area (Å²) in [5, 5.41) is 13.3. The van der Waals surface area contributed by atoms with E-state index in [1.165, 1.54) is 11.1 Å². The van der Waals surface area contributed by atoms with Crippen LogP contribution in [0.1, 0.15) is 41.8 Å². The Labute approximate surface area is 170 Å². The monoisotopic (exact) mass is 384 g/mol. The molecule has 2 aromatic carbocycles. The lowest BCUT2D eigenvalue weighted by Crippen LogP contribution is -2.34. The average Bonchev–Trinajstić information content (AvgIpc) is 3.17. The van der Waals surface area contributed by atoms with E-state index in [1.807, 2.05) is 18.2 Å². The van der Waals surface area contributed by atoms with Gasteiger partial charge in [-0.15, -0.1) is 0 Å². The summed E-state index contributed by atoms with van der Waals surface area (Å²) in [5.41, 5.74) is 5.05. The van der Waals surface area contributed by atoms with Gasteiger partial charge in [-0.1, -0.05) is 18.2 Å². The molecule has 29 heavy (non-hydrogen) atoms. The second-order valence-electron chi connectivity index (χ2n) is 7.64. The van der Waals surface area contributed by atoms with Crippen molar-refractivity contribution in [2.24, 2.45) is 0 Å². The molecule has 1 amide bonds. The lowest BCUT2D eigenvalue weighted by molar-refractivity contribution is 0.102. The molecule has 0 fully saturated rings. The van der Waals surface area contributed by atoms with Gasteiger partial charge in [0.1, 0.15) is 0 Å². The van der Waals surface area contributed by atoms with E-state index in [-0.39, 0.29) is 5.91 Å². The van der Waals surface area contributed by atoms with Crippen LogP contribution in [0.3, 0.4) is 0 Å². The topological polar surface area (TPSA) is 71.9 Å². The minimum Gasteiger partial charge on any atom is -0.361 e. The first kappa shape index (κ1) is 19.0. The first-order valence-corrected chi connectivity index (χ1v) is 9.92. The highest BCUT2D eigenvalue weighted by Gasteiger charge is 2.18. The predicted molar refractivity (Wildman–Crippen MR) is 117 cm³/mol. The first-order valence-electron chi connectivity index (χ1n) is 9.92. The fourth-order valence-electron chi connectivity index (χ4n) is 3.84. The van der Waals surface area contributed by atoms with Gasteiger partial charge >= 0.3 is 0 Å². The Balaban J connectivity index is 1.61. The number of H-pyrrole nitrogens is 1. The molecule has 5 nitrogen and oxygen atoms in total. The fraction of sp³-hybridized carbons (Fsp3) is 0.250. The van der Waals surface area contributed by atoms with Gasteiger partial charge in [0.25, 0.3) is 5.91 Å². The predicted octanol–water partition coefficient (Wildman–Crippen LogP) is 4.79. The maximum atomic E-state index is 12.7. The molecular formula is C24H24N4O. The minimum atomic E-state index is -0.275. The third-order valence-electron chi connectivity index (χ3n) is 5.55. The summed E-state index contributed by atoms with van der Waals surface area (Å²) in [6.45, 7) is 6.46. The Kier molecular flexibility index (Phi) is 5.20. The Morgan fingerprint density at radius 2 is 2.07 bits per heavy atom. The van der Waals surface area contributed by atoms with Gasteiger partial charge in [0.2, 0.25) is 0 Å². The molecule has 5 heteroatoms. The first-order chi connectivity index (χ1) is 14.1. The second kappa shape index (κ2) is 7.94. The molecular weight excluding hydrogens is 360 g/mol. The molecule has 2 heterocycles. The van der Waals surface area contributed by atoms with E-state index in [9.17, 15) is 10.1 Å². The van der Waals surface area contributed by atoms with Gasteiger partial charge in [-0.2, -0.15) is 5.26 Å². The van der Waals surface area contributed by atoms with Crippen LogP contribution in [0.4, 0.5) is 5.69 Å². The highest BCUT2D eigenvalue weighted by molar-refractivity contribution is 6.07. The van der Waals surface area contributed by atoms with Gasteiger partial charge in [0.15, 0.2) is 0 Å². The zero-order chi connectivity index (χ0) is 20.4. The largest absolute Gasteiger partial charge is 0.361 e. The molecule has 0 saturated heterocycles. The molecule has 1 aromatic heterocycles. The van der Waals surface area contributed by atoms with Crippen LogP contribution in [-0.2, 0) is 0 Å². The molecule has 146 valence electrons. The number of nitriles is 1. The smallest absolute Gasteiger partial charge is 0.257 e. The van der Waals surface area contributed by atoms with Crippen LogP contribution < -0.4 is 5.32 Å². The van der Waals surface area contributed by atoms with Gasteiger partial charge in [0.05, 0.1) is 17.2 Å². The van der Waals surface area contributed by atoms with E-state index in [0.717, 1.165) is 36.1 Å². The van der Waals surface area contributed by atoms with E-state index in [4.69, 9.17) is 0 Å². The van der Waals surface area contributed by atoms with Crippen LogP contribution in [0.2, 0.25) is 0 Å². The third-order valence-corrected chi connectivity index (χ3v) is 5.55. The summed E-state index contributed by atoms with van der Waals surface area (Å²) in [5.74, 6) is -0.275. The number of hydrogen-bond acceptors (Lipinski definition) is 3.